The molecule has 0 saturated carbocycles. The molecule has 1 fully saturated rings. The summed E-state index contributed by atoms with van der Waals surface area (Å²) in [6.45, 7) is 2.60. The predicted molar refractivity (Wildman–Crippen MR) is 67.8 cm³/mol. The van der Waals surface area contributed by atoms with Gasteiger partial charge in [0.1, 0.15) is 0 Å². The van der Waals surface area contributed by atoms with Gasteiger partial charge < -0.3 is 9.63 Å². The Morgan fingerprint density at radius 1 is 1.44 bits per heavy atom. The Balaban J connectivity index is 2.72. The highest BCUT2D eigenvalue weighted by molar-refractivity contribution is 7.61. The Morgan fingerprint density at radius 2 is 2.17 bits per heavy atom. The first-order chi connectivity index (χ1) is 8.57. The molecule has 3 atom stereocenters. The minimum Gasteiger partial charge on any atom is -0.377 e. The molecule has 1 N–H and O–H groups in total. The Bertz CT molecular complexity index is 322. The molecule has 5 nitrogen and oxygen atoms in total. The first-order valence-corrected chi connectivity index (χ1v) is 7.86. The normalized spacial score (nSPS) is 23.3. The number of ketones is 1. The lowest BCUT2D eigenvalue weighted by atomic mass is 9.88. The molecule has 0 radical (unpaired) electrons. The van der Waals surface area contributed by atoms with Gasteiger partial charge in [-0.05, 0) is 25.7 Å². The molecule has 0 aromatic heterocycles. The van der Waals surface area contributed by atoms with E-state index >= 15 is 0 Å². The molecule has 1 aliphatic heterocycles. The SMILES string of the molecule is CCCCC(C(=O)C(=O)[PH](=O)O)C1CCCCO1. The summed E-state index contributed by atoms with van der Waals surface area (Å²) in [6.07, 6.45) is 4.72. The van der Waals surface area contributed by atoms with Crippen molar-refractivity contribution in [1.82, 2.24) is 0 Å². The highest BCUT2D eigenvalue weighted by atomic mass is 31.1. The summed E-state index contributed by atoms with van der Waals surface area (Å²) in [7, 11) is -3.41. The van der Waals surface area contributed by atoms with E-state index in [1.165, 1.54) is 0 Å². The Kier molecular flexibility index (Phi) is 6.76. The summed E-state index contributed by atoms with van der Waals surface area (Å²) in [5.74, 6) is -1.26. The number of carbonyl (C=O) groups excluding carboxylic acids is 2. The summed E-state index contributed by atoms with van der Waals surface area (Å²) in [5.41, 5.74) is -1.13. The van der Waals surface area contributed by atoms with E-state index in [-0.39, 0.29) is 6.10 Å². The van der Waals surface area contributed by atoms with Crippen LogP contribution in [0, 0.1) is 5.92 Å². The van der Waals surface area contributed by atoms with Gasteiger partial charge >= 0.3 is 0 Å². The zero-order valence-electron chi connectivity index (χ0n) is 10.7. The highest BCUT2D eigenvalue weighted by Crippen LogP contribution is 2.28. The highest BCUT2D eigenvalue weighted by Gasteiger charge is 2.35. The smallest absolute Gasteiger partial charge is 0.279 e. The second-order valence-electron chi connectivity index (χ2n) is 4.65. The van der Waals surface area contributed by atoms with Crippen LogP contribution in [0.15, 0.2) is 0 Å². The number of rotatable bonds is 7. The molecule has 104 valence electrons. The molecule has 0 aliphatic carbocycles. The molecule has 1 aliphatic rings. The number of carbonyl (C=O) groups is 2. The Hall–Kier alpha value is -0.510. The first-order valence-electron chi connectivity index (χ1n) is 6.51. The second-order valence-corrected chi connectivity index (χ2v) is 5.72. The van der Waals surface area contributed by atoms with Gasteiger partial charge in [-0.25, -0.2) is 0 Å². The molecule has 0 bridgehead atoms. The van der Waals surface area contributed by atoms with Crippen molar-refractivity contribution in [2.75, 3.05) is 6.61 Å². The standard InChI is InChI=1S/C12H21O5P/c1-2-3-6-9(10-7-4-5-8-17-10)11(13)12(14)18(15)16/h9-10,18H,2-8H2,1H3,(H,15,16). The quantitative estimate of drug-likeness (QED) is 0.567. The van der Waals surface area contributed by atoms with E-state index in [9.17, 15) is 14.2 Å². The van der Waals surface area contributed by atoms with Crippen LogP contribution < -0.4 is 0 Å². The van der Waals surface area contributed by atoms with E-state index in [0.29, 0.717) is 13.0 Å². The monoisotopic (exact) mass is 276 g/mol. The van der Waals surface area contributed by atoms with Gasteiger partial charge in [0.25, 0.3) is 13.6 Å². The summed E-state index contributed by atoms with van der Waals surface area (Å²) in [4.78, 5) is 32.1. The van der Waals surface area contributed by atoms with Crippen LogP contribution in [-0.2, 0) is 18.9 Å². The number of unbranched alkanes of at least 4 members (excludes halogenated alkanes) is 1. The van der Waals surface area contributed by atoms with Crippen LogP contribution in [0.1, 0.15) is 45.4 Å². The second kappa shape index (κ2) is 7.82. The van der Waals surface area contributed by atoms with Crippen LogP contribution in [0.3, 0.4) is 0 Å². The number of hydrogen-bond donors (Lipinski definition) is 1. The molecular weight excluding hydrogens is 255 g/mol. The third-order valence-electron chi connectivity index (χ3n) is 3.29. The molecule has 1 heterocycles. The summed E-state index contributed by atoms with van der Waals surface area (Å²) in [5, 5.41) is 0. The topological polar surface area (TPSA) is 80.7 Å². The van der Waals surface area contributed by atoms with Crippen LogP contribution in [0.4, 0.5) is 0 Å². The van der Waals surface area contributed by atoms with Crippen molar-refractivity contribution < 1.29 is 23.8 Å². The fourth-order valence-corrected chi connectivity index (χ4v) is 2.66. The third kappa shape index (κ3) is 4.30. The first kappa shape index (κ1) is 15.5. The van der Waals surface area contributed by atoms with Crippen molar-refractivity contribution in [2.45, 2.75) is 51.6 Å². The zero-order chi connectivity index (χ0) is 13.5. The summed E-state index contributed by atoms with van der Waals surface area (Å²) < 4.78 is 16.3. The van der Waals surface area contributed by atoms with Gasteiger partial charge in [-0.1, -0.05) is 19.8 Å². The van der Waals surface area contributed by atoms with E-state index in [0.717, 1.165) is 32.1 Å². The maximum Gasteiger partial charge on any atom is 0.279 e. The van der Waals surface area contributed by atoms with Gasteiger partial charge in [0, 0.05) is 6.61 Å². The van der Waals surface area contributed by atoms with Crippen molar-refractivity contribution >= 4 is 19.3 Å². The van der Waals surface area contributed by atoms with Crippen LogP contribution in [0.2, 0.25) is 0 Å². The lowest BCUT2D eigenvalue weighted by Gasteiger charge is -2.29. The van der Waals surface area contributed by atoms with Gasteiger partial charge in [0.05, 0.1) is 12.0 Å². The summed E-state index contributed by atoms with van der Waals surface area (Å²) in [6, 6.07) is 0. The van der Waals surface area contributed by atoms with Gasteiger partial charge in [0.15, 0.2) is 0 Å². The van der Waals surface area contributed by atoms with Crippen LogP contribution in [0.25, 0.3) is 0 Å². The minimum absolute atomic E-state index is 0.261. The fraction of sp³-hybridized carbons (Fsp3) is 0.833. The number of Topliss-reactive ketones (excluding diaryl/α,β-unsaturated/α-hetero) is 1. The fourth-order valence-electron chi connectivity index (χ4n) is 2.27. The Labute approximate surface area is 108 Å². The molecule has 18 heavy (non-hydrogen) atoms. The zero-order valence-corrected chi connectivity index (χ0v) is 11.7. The van der Waals surface area contributed by atoms with Crippen molar-refractivity contribution in [2.24, 2.45) is 5.92 Å². The maximum absolute atomic E-state index is 11.9. The van der Waals surface area contributed by atoms with Gasteiger partial charge in [-0.2, -0.15) is 0 Å². The molecule has 1 saturated heterocycles. The van der Waals surface area contributed by atoms with E-state index in [1.54, 1.807) is 0 Å². The number of hydrogen-bond acceptors (Lipinski definition) is 4. The molecule has 6 heteroatoms. The van der Waals surface area contributed by atoms with E-state index < -0.39 is 25.3 Å². The van der Waals surface area contributed by atoms with Gasteiger partial charge in [-0.3, -0.25) is 14.2 Å². The largest absolute Gasteiger partial charge is 0.377 e. The molecule has 0 aromatic carbocycles. The average molecular weight is 276 g/mol. The van der Waals surface area contributed by atoms with Crippen LogP contribution >= 0.6 is 8.03 Å². The number of ether oxygens (including phenoxy) is 1. The Morgan fingerprint density at radius 3 is 2.67 bits per heavy atom. The van der Waals surface area contributed by atoms with E-state index in [4.69, 9.17) is 9.63 Å². The molecule has 1 rings (SSSR count). The van der Waals surface area contributed by atoms with Crippen molar-refractivity contribution in [3.05, 3.63) is 0 Å². The van der Waals surface area contributed by atoms with Crippen molar-refractivity contribution in [3.63, 3.8) is 0 Å². The van der Waals surface area contributed by atoms with Gasteiger partial charge in [-0.15, -0.1) is 0 Å². The van der Waals surface area contributed by atoms with Crippen LogP contribution in [-0.4, -0.2) is 28.9 Å². The molecule has 0 amide bonds. The van der Waals surface area contributed by atoms with Gasteiger partial charge in [0.2, 0.25) is 5.78 Å². The maximum atomic E-state index is 11.9. The van der Waals surface area contributed by atoms with Crippen LogP contribution in [0.5, 0.6) is 0 Å². The van der Waals surface area contributed by atoms with E-state index in [1.807, 2.05) is 6.92 Å². The van der Waals surface area contributed by atoms with Crippen molar-refractivity contribution in [1.29, 1.82) is 0 Å². The lowest BCUT2D eigenvalue weighted by molar-refractivity contribution is -0.140. The minimum atomic E-state index is -3.41. The molecule has 0 spiro atoms. The van der Waals surface area contributed by atoms with E-state index in [2.05, 4.69) is 0 Å². The molecule has 3 unspecified atom stereocenters. The average Bonchev–Trinajstić information content (AvgIpc) is 2.39. The summed E-state index contributed by atoms with van der Waals surface area (Å²) >= 11 is 0. The van der Waals surface area contributed by atoms with Crippen molar-refractivity contribution in [3.8, 4) is 0 Å². The predicted octanol–water partition coefficient (Wildman–Crippen LogP) is 1.92. The lowest BCUT2D eigenvalue weighted by Crippen LogP contribution is -2.36. The molecule has 0 aromatic rings. The molecular formula is C12H21O5P. The third-order valence-corrected chi connectivity index (χ3v) is 3.92.